The van der Waals surface area contributed by atoms with Gasteiger partial charge in [-0.3, -0.25) is 0 Å². The lowest BCUT2D eigenvalue weighted by Gasteiger charge is -2.10. The van der Waals surface area contributed by atoms with E-state index in [4.69, 9.17) is 11.6 Å². The van der Waals surface area contributed by atoms with E-state index in [1.165, 1.54) is 18.4 Å². The number of fused-ring (bicyclic) bond motifs is 1. The summed E-state index contributed by atoms with van der Waals surface area (Å²) in [5.41, 5.74) is -1.10. The van der Waals surface area contributed by atoms with Crippen LogP contribution in [0.5, 0.6) is 0 Å². The first kappa shape index (κ1) is 9.33. The fourth-order valence-electron chi connectivity index (χ4n) is 1.14. The maximum absolute atomic E-state index is 13.6. The van der Waals surface area contributed by atoms with E-state index in [2.05, 4.69) is 15.3 Å². The molecule has 0 spiro atoms. The van der Waals surface area contributed by atoms with Crippen molar-refractivity contribution >= 4 is 17.2 Å². The fourth-order valence-corrected chi connectivity index (χ4v) is 1.28. The number of hydrogen-bond acceptors (Lipinski definition) is 3. The third-order valence-corrected chi connectivity index (χ3v) is 1.96. The van der Waals surface area contributed by atoms with Gasteiger partial charge in [0.2, 0.25) is 0 Å². The standard InChI is InChI=1S/C8H8ClFN4/c1-8(2,10)7-12-11-6-4-3-5(9)13-14(6)7/h3-4H,1-2H3. The number of hydrogen-bond donors (Lipinski definition) is 0. The SMILES string of the molecule is CC(C)(F)c1nnc2ccc(Cl)nn12. The topological polar surface area (TPSA) is 43.1 Å². The van der Waals surface area contributed by atoms with Crippen molar-refractivity contribution in [2.45, 2.75) is 19.5 Å². The minimum Gasteiger partial charge on any atom is -0.236 e. The lowest BCUT2D eigenvalue weighted by Crippen LogP contribution is -2.15. The molecule has 0 amide bonds. The van der Waals surface area contributed by atoms with Crippen molar-refractivity contribution in [2.75, 3.05) is 0 Å². The Kier molecular flexibility index (Phi) is 1.92. The number of nitrogens with zero attached hydrogens (tertiary/aromatic N) is 4. The van der Waals surface area contributed by atoms with Crippen LogP contribution in [0.2, 0.25) is 5.15 Å². The van der Waals surface area contributed by atoms with Crippen molar-refractivity contribution in [3.05, 3.63) is 23.1 Å². The van der Waals surface area contributed by atoms with Crippen LogP contribution in [0.3, 0.4) is 0 Å². The predicted octanol–water partition coefficient (Wildman–Crippen LogP) is 1.98. The van der Waals surface area contributed by atoms with Crippen molar-refractivity contribution < 1.29 is 4.39 Å². The first-order chi connectivity index (χ1) is 6.48. The van der Waals surface area contributed by atoms with Crippen LogP contribution >= 0.6 is 11.6 Å². The van der Waals surface area contributed by atoms with Crippen LogP contribution in [-0.4, -0.2) is 19.8 Å². The van der Waals surface area contributed by atoms with Crippen molar-refractivity contribution in [1.29, 1.82) is 0 Å². The number of halogens is 2. The summed E-state index contributed by atoms with van der Waals surface area (Å²) >= 11 is 5.69. The second-order valence-electron chi connectivity index (χ2n) is 3.42. The van der Waals surface area contributed by atoms with Crippen LogP contribution in [-0.2, 0) is 5.67 Å². The Bertz CT molecular complexity index is 474. The van der Waals surface area contributed by atoms with E-state index in [0.29, 0.717) is 5.65 Å². The van der Waals surface area contributed by atoms with Gasteiger partial charge >= 0.3 is 0 Å². The third-order valence-electron chi connectivity index (χ3n) is 1.76. The van der Waals surface area contributed by atoms with Crippen molar-refractivity contribution in [1.82, 2.24) is 19.8 Å². The normalized spacial score (nSPS) is 12.3. The molecular weight excluding hydrogens is 207 g/mol. The molecule has 4 nitrogen and oxygen atoms in total. The highest BCUT2D eigenvalue weighted by Gasteiger charge is 2.26. The molecule has 2 aromatic heterocycles. The minimum atomic E-state index is -1.59. The highest BCUT2D eigenvalue weighted by Crippen LogP contribution is 2.22. The molecule has 0 saturated heterocycles. The zero-order valence-electron chi connectivity index (χ0n) is 7.70. The van der Waals surface area contributed by atoms with Gasteiger partial charge in [-0.15, -0.1) is 10.2 Å². The Hall–Kier alpha value is -1.23. The van der Waals surface area contributed by atoms with Gasteiger partial charge in [0.25, 0.3) is 0 Å². The maximum atomic E-state index is 13.6. The summed E-state index contributed by atoms with van der Waals surface area (Å²) in [6.45, 7) is 2.79. The van der Waals surface area contributed by atoms with Crippen LogP contribution in [0.1, 0.15) is 19.7 Å². The second kappa shape index (κ2) is 2.88. The molecule has 6 heteroatoms. The molecule has 2 rings (SSSR count). The Labute approximate surface area is 84.7 Å². The van der Waals surface area contributed by atoms with Crippen LogP contribution in [0.25, 0.3) is 5.65 Å². The molecule has 2 heterocycles. The highest BCUT2D eigenvalue weighted by atomic mass is 35.5. The van der Waals surface area contributed by atoms with Gasteiger partial charge in [0, 0.05) is 0 Å². The van der Waals surface area contributed by atoms with Crippen LogP contribution in [0, 0.1) is 0 Å². The zero-order valence-corrected chi connectivity index (χ0v) is 8.46. The molecular formula is C8H8ClFN4. The molecule has 0 radical (unpaired) electrons. The summed E-state index contributed by atoms with van der Waals surface area (Å²) in [6.07, 6.45) is 0. The van der Waals surface area contributed by atoms with E-state index < -0.39 is 5.67 Å². The van der Waals surface area contributed by atoms with Gasteiger partial charge in [-0.1, -0.05) is 11.6 Å². The van der Waals surface area contributed by atoms with Crippen molar-refractivity contribution in [2.24, 2.45) is 0 Å². The molecule has 74 valence electrons. The summed E-state index contributed by atoms with van der Waals surface area (Å²) in [6, 6.07) is 3.22. The van der Waals surface area contributed by atoms with E-state index in [1.807, 2.05) is 0 Å². The Balaban J connectivity index is 2.73. The van der Waals surface area contributed by atoms with Crippen molar-refractivity contribution in [3.8, 4) is 0 Å². The smallest absolute Gasteiger partial charge is 0.191 e. The Morgan fingerprint density at radius 1 is 1.36 bits per heavy atom. The maximum Gasteiger partial charge on any atom is 0.191 e. The average Bonchev–Trinajstić information content (AvgIpc) is 2.45. The van der Waals surface area contributed by atoms with Gasteiger partial charge in [-0.2, -0.15) is 9.61 Å². The summed E-state index contributed by atoms with van der Waals surface area (Å²) in [7, 11) is 0. The van der Waals surface area contributed by atoms with E-state index in [1.54, 1.807) is 12.1 Å². The molecule has 14 heavy (non-hydrogen) atoms. The van der Waals surface area contributed by atoms with Crippen LogP contribution < -0.4 is 0 Å². The number of rotatable bonds is 1. The minimum absolute atomic E-state index is 0.148. The van der Waals surface area contributed by atoms with Gasteiger partial charge in [-0.05, 0) is 26.0 Å². The quantitative estimate of drug-likeness (QED) is 0.729. The van der Waals surface area contributed by atoms with Gasteiger partial charge < -0.3 is 0 Å². The summed E-state index contributed by atoms with van der Waals surface area (Å²) in [5, 5.41) is 11.7. The molecule has 0 bridgehead atoms. The van der Waals surface area contributed by atoms with E-state index in [9.17, 15) is 4.39 Å². The fraction of sp³-hybridized carbons (Fsp3) is 0.375. The lowest BCUT2D eigenvalue weighted by molar-refractivity contribution is 0.202. The first-order valence-electron chi connectivity index (χ1n) is 4.06. The molecule has 0 N–H and O–H groups in total. The molecule has 0 atom stereocenters. The molecule has 0 aromatic carbocycles. The van der Waals surface area contributed by atoms with E-state index >= 15 is 0 Å². The molecule has 2 aromatic rings. The van der Waals surface area contributed by atoms with Gasteiger partial charge in [-0.25, -0.2) is 4.39 Å². The first-order valence-corrected chi connectivity index (χ1v) is 4.43. The summed E-state index contributed by atoms with van der Waals surface area (Å²) < 4.78 is 14.9. The van der Waals surface area contributed by atoms with E-state index in [0.717, 1.165) is 0 Å². The van der Waals surface area contributed by atoms with Crippen LogP contribution in [0.15, 0.2) is 12.1 Å². The number of alkyl halides is 1. The number of aromatic nitrogens is 4. The monoisotopic (exact) mass is 214 g/mol. The molecule has 0 aliphatic rings. The molecule has 0 saturated carbocycles. The lowest BCUT2D eigenvalue weighted by atomic mass is 10.1. The van der Waals surface area contributed by atoms with Gasteiger partial charge in [0.15, 0.2) is 17.1 Å². The Morgan fingerprint density at radius 3 is 2.71 bits per heavy atom. The van der Waals surface area contributed by atoms with E-state index in [-0.39, 0.29) is 11.0 Å². The van der Waals surface area contributed by atoms with Crippen LogP contribution in [0.4, 0.5) is 4.39 Å². The molecule has 0 aliphatic carbocycles. The van der Waals surface area contributed by atoms with Gasteiger partial charge in [0.05, 0.1) is 0 Å². The zero-order chi connectivity index (χ0) is 10.3. The van der Waals surface area contributed by atoms with Gasteiger partial charge in [0.1, 0.15) is 5.15 Å². The Morgan fingerprint density at radius 2 is 2.07 bits per heavy atom. The van der Waals surface area contributed by atoms with Crippen molar-refractivity contribution in [3.63, 3.8) is 0 Å². The highest BCUT2D eigenvalue weighted by molar-refractivity contribution is 6.29. The molecule has 0 fully saturated rings. The summed E-state index contributed by atoms with van der Waals surface area (Å²) in [4.78, 5) is 0. The molecule has 0 unspecified atom stereocenters. The molecule has 0 aliphatic heterocycles. The largest absolute Gasteiger partial charge is 0.236 e. The average molecular weight is 215 g/mol. The second-order valence-corrected chi connectivity index (χ2v) is 3.81. The third kappa shape index (κ3) is 1.43. The summed E-state index contributed by atoms with van der Waals surface area (Å²) in [5.74, 6) is 0.148. The predicted molar refractivity (Wildman–Crippen MR) is 49.9 cm³/mol.